The Morgan fingerprint density at radius 3 is 2.26 bits per heavy atom. The number of hydrogen-bond acceptors (Lipinski definition) is 4. The molecule has 0 N–H and O–H groups in total. The van der Waals surface area contributed by atoms with E-state index in [0.29, 0.717) is 6.42 Å². The van der Waals surface area contributed by atoms with Gasteiger partial charge in [0.05, 0.1) is 17.2 Å². The van der Waals surface area contributed by atoms with Gasteiger partial charge >= 0.3 is 0 Å². The second kappa shape index (κ2) is 5.71. The predicted octanol–water partition coefficient (Wildman–Crippen LogP) is 3.40. The van der Waals surface area contributed by atoms with Crippen LogP contribution in [0.3, 0.4) is 0 Å². The molecular formula is C15H26N2OS. The number of carbonyl (C=O) groups is 1. The maximum absolute atomic E-state index is 12.7. The fraction of sp³-hybridized carbons (Fsp3) is 0.733. The summed E-state index contributed by atoms with van der Waals surface area (Å²) >= 11 is 1.58. The first kappa shape index (κ1) is 16.3. The number of thiazole rings is 1. The highest BCUT2D eigenvalue weighted by molar-refractivity contribution is 7.07. The number of hydrogen-bond donors (Lipinski definition) is 0. The first-order valence-electron chi connectivity index (χ1n) is 6.68. The Kier molecular flexibility index (Phi) is 4.91. The van der Waals surface area contributed by atoms with Crippen LogP contribution in [0.15, 0.2) is 10.9 Å². The topological polar surface area (TPSA) is 33.2 Å². The lowest BCUT2D eigenvalue weighted by Crippen LogP contribution is -2.52. The Morgan fingerprint density at radius 1 is 1.32 bits per heavy atom. The first-order valence-corrected chi connectivity index (χ1v) is 7.62. The van der Waals surface area contributed by atoms with Crippen LogP contribution in [0.25, 0.3) is 0 Å². The Labute approximate surface area is 121 Å². The van der Waals surface area contributed by atoms with Gasteiger partial charge in [-0.2, -0.15) is 0 Å². The van der Waals surface area contributed by atoms with Crippen LogP contribution < -0.4 is 0 Å². The molecule has 0 saturated heterocycles. The monoisotopic (exact) mass is 282 g/mol. The zero-order chi connectivity index (χ0) is 14.8. The molecule has 1 atom stereocenters. The van der Waals surface area contributed by atoms with Crippen molar-refractivity contribution in [2.45, 2.75) is 59.5 Å². The smallest absolute Gasteiger partial charge is 0.155 e. The van der Waals surface area contributed by atoms with E-state index in [9.17, 15) is 4.79 Å². The van der Waals surface area contributed by atoms with Crippen molar-refractivity contribution in [2.24, 2.45) is 5.41 Å². The minimum Gasteiger partial charge on any atom is -0.297 e. The predicted molar refractivity (Wildman–Crippen MR) is 81.6 cm³/mol. The summed E-state index contributed by atoms with van der Waals surface area (Å²) in [4.78, 5) is 19.2. The average Bonchev–Trinajstić information content (AvgIpc) is 2.74. The number of rotatable bonds is 4. The standard InChI is InChI=1S/C15H26N2OS/c1-14(2,3)13(18)12(17(7)15(4,5)6)8-11-9-19-10-16-11/h9-10,12H,8H2,1-7H3. The molecule has 1 aromatic rings. The van der Waals surface area contributed by atoms with Gasteiger partial charge in [0.25, 0.3) is 0 Å². The number of Topliss-reactive ketones (excluding diaryl/α,β-unsaturated/α-hetero) is 1. The molecule has 1 rings (SSSR count). The summed E-state index contributed by atoms with van der Waals surface area (Å²) in [6.45, 7) is 12.4. The van der Waals surface area contributed by atoms with Gasteiger partial charge in [-0.15, -0.1) is 11.3 Å². The third-order valence-electron chi connectivity index (χ3n) is 3.45. The van der Waals surface area contributed by atoms with Crippen molar-refractivity contribution in [3.8, 4) is 0 Å². The summed E-state index contributed by atoms with van der Waals surface area (Å²) in [7, 11) is 2.03. The van der Waals surface area contributed by atoms with E-state index < -0.39 is 0 Å². The van der Waals surface area contributed by atoms with Gasteiger partial charge < -0.3 is 0 Å². The molecule has 0 aliphatic carbocycles. The van der Waals surface area contributed by atoms with Gasteiger partial charge in [0.1, 0.15) is 0 Å². The van der Waals surface area contributed by atoms with Crippen molar-refractivity contribution < 1.29 is 4.79 Å². The summed E-state index contributed by atoms with van der Waals surface area (Å²) in [6.07, 6.45) is 0.688. The molecule has 1 unspecified atom stereocenters. The Balaban J connectivity index is 3.01. The molecular weight excluding hydrogens is 256 g/mol. The van der Waals surface area contributed by atoms with E-state index in [1.165, 1.54) is 0 Å². The largest absolute Gasteiger partial charge is 0.297 e. The van der Waals surface area contributed by atoms with Crippen LogP contribution in [0, 0.1) is 5.41 Å². The highest BCUT2D eigenvalue weighted by Gasteiger charge is 2.36. The first-order chi connectivity index (χ1) is 8.53. The molecule has 108 valence electrons. The molecule has 0 aliphatic rings. The van der Waals surface area contributed by atoms with Crippen LogP contribution >= 0.6 is 11.3 Å². The summed E-state index contributed by atoms with van der Waals surface area (Å²) < 4.78 is 0. The minimum atomic E-state index is -0.333. The van der Waals surface area contributed by atoms with E-state index in [-0.39, 0.29) is 22.8 Å². The fourth-order valence-electron chi connectivity index (χ4n) is 1.91. The molecule has 4 heteroatoms. The van der Waals surface area contributed by atoms with E-state index in [0.717, 1.165) is 5.69 Å². The minimum absolute atomic E-state index is 0.0401. The molecule has 1 aromatic heterocycles. The highest BCUT2D eigenvalue weighted by Crippen LogP contribution is 2.25. The van der Waals surface area contributed by atoms with E-state index in [1.54, 1.807) is 11.3 Å². The van der Waals surface area contributed by atoms with Gasteiger partial charge in [0.2, 0.25) is 0 Å². The van der Waals surface area contributed by atoms with Crippen molar-refractivity contribution >= 4 is 17.1 Å². The average molecular weight is 282 g/mol. The molecule has 0 spiro atoms. The molecule has 0 amide bonds. The van der Waals surface area contributed by atoms with Gasteiger partial charge in [-0.25, -0.2) is 4.98 Å². The molecule has 0 aliphatic heterocycles. The highest BCUT2D eigenvalue weighted by atomic mass is 32.1. The third kappa shape index (κ3) is 4.39. The maximum atomic E-state index is 12.7. The normalized spacial score (nSPS) is 14.7. The molecule has 19 heavy (non-hydrogen) atoms. The molecule has 0 bridgehead atoms. The molecule has 1 heterocycles. The van der Waals surface area contributed by atoms with Crippen molar-refractivity contribution in [1.82, 2.24) is 9.88 Å². The quantitative estimate of drug-likeness (QED) is 0.848. The summed E-state index contributed by atoms with van der Waals surface area (Å²) in [5.41, 5.74) is 2.45. The summed E-state index contributed by atoms with van der Waals surface area (Å²) in [5.74, 6) is 0.276. The second-order valence-electron chi connectivity index (χ2n) is 7.10. The van der Waals surface area contributed by atoms with Crippen LogP contribution in [-0.4, -0.2) is 34.3 Å². The molecule has 0 fully saturated rings. The second-order valence-corrected chi connectivity index (χ2v) is 7.81. The molecule has 0 saturated carbocycles. The van der Waals surface area contributed by atoms with Crippen molar-refractivity contribution in [3.05, 3.63) is 16.6 Å². The van der Waals surface area contributed by atoms with Gasteiger partial charge in [0.15, 0.2) is 5.78 Å². The Bertz CT molecular complexity index is 412. The van der Waals surface area contributed by atoms with Crippen LogP contribution in [0.2, 0.25) is 0 Å². The van der Waals surface area contributed by atoms with Crippen LogP contribution in [-0.2, 0) is 11.2 Å². The zero-order valence-electron chi connectivity index (χ0n) is 13.2. The number of aromatic nitrogens is 1. The molecule has 0 aromatic carbocycles. The number of nitrogens with zero attached hydrogens (tertiary/aromatic N) is 2. The lowest BCUT2D eigenvalue weighted by molar-refractivity contribution is -0.133. The zero-order valence-corrected chi connectivity index (χ0v) is 14.0. The van der Waals surface area contributed by atoms with Gasteiger partial charge in [-0.3, -0.25) is 9.69 Å². The molecule has 0 radical (unpaired) electrons. The van der Waals surface area contributed by atoms with Gasteiger partial charge in [-0.05, 0) is 27.8 Å². The fourth-order valence-corrected chi connectivity index (χ4v) is 2.48. The van der Waals surface area contributed by atoms with Crippen LogP contribution in [0.1, 0.15) is 47.2 Å². The lowest BCUT2D eigenvalue weighted by Gasteiger charge is -2.40. The van der Waals surface area contributed by atoms with Gasteiger partial charge in [0, 0.05) is 22.8 Å². The van der Waals surface area contributed by atoms with E-state index in [2.05, 4.69) is 30.7 Å². The van der Waals surface area contributed by atoms with Crippen LogP contribution in [0.4, 0.5) is 0 Å². The van der Waals surface area contributed by atoms with E-state index in [4.69, 9.17) is 0 Å². The summed E-state index contributed by atoms with van der Waals surface area (Å²) in [5, 5.41) is 2.03. The van der Waals surface area contributed by atoms with Crippen molar-refractivity contribution in [1.29, 1.82) is 0 Å². The molecule has 3 nitrogen and oxygen atoms in total. The number of likely N-dealkylation sites (N-methyl/N-ethyl adjacent to an activating group) is 1. The maximum Gasteiger partial charge on any atom is 0.155 e. The van der Waals surface area contributed by atoms with E-state index in [1.807, 2.05) is 38.7 Å². The van der Waals surface area contributed by atoms with Crippen LogP contribution in [0.5, 0.6) is 0 Å². The summed E-state index contributed by atoms with van der Waals surface area (Å²) in [6, 6.07) is -0.123. The van der Waals surface area contributed by atoms with E-state index >= 15 is 0 Å². The van der Waals surface area contributed by atoms with Gasteiger partial charge in [-0.1, -0.05) is 20.8 Å². The SMILES string of the molecule is CN(C(Cc1cscn1)C(=O)C(C)(C)C)C(C)(C)C. The Morgan fingerprint density at radius 2 is 1.89 bits per heavy atom. The number of carbonyl (C=O) groups excluding carboxylic acids is 1. The number of ketones is 1. The Hall–Kier alpha value is -0.740. The third-order valence-corrected chi connectivity index (χ3v) is 4.09. The van der Waals surface area contributed by atoms with Crippen molar-refractivity contribution in [3.63, 3.8) is 0 Å². The lowest BCUT2D eigenvalue weighted by atomic mass is 9.83. The van der Waals surface area contributed by atoms with Crippen molar-refractivity contribution in [2.75, 3.05) is 7.05 Å².